The van der Waals surface area contributed by atoms with Gasteiger partial charge >= 0.3 is 0 Å². The first-order valence-electron chi connectivity index (χ1n) is 6.64. The van der Waals surface area contributed by atoms with E-state index in [4.69, 9.17) is 0 Å². The van der Waals surface area contributed by atoms with Crippen LogP contribution in [0.4, 0.5) is 0 Å². The lowest BCUT2D eigenvalue weighted by molar-refractivity contribution is -0.120. The Balaban J connectivity index is 2.12. The number of hydrogen-bond acceptors (Lipinski definition) is 2. The van der Waals surface area contributed by atoms with E-state index in [2.05, 4.69) is 12.2 Å². The van der Waals surface area contributed by atoms with Crippen molar-refractivity contribution in [3.63, 3.8) is 0 Å². The highest BCUT2D eigenvalue weighted by Gasteiger charge is 2.36. The molecule has 3 nitrogen and oxygen atoms in total. The van der Waals surface area contributed by atoms with E-state index in [1.807, 2.05) is 0 Å². The van der Waals surface area contributed by atoms with Gasteiger partial charge in [0.15, 0.2) is 0 Å². The van der Waals surface area contributed by atoms with Crippen LogP contribution in [0.25, 0.3) is 0 Å². The van der Waals surface area contributed by atoms with Crippen molar-refractivity contribution >= 4 is 5.91 Å². The van der Waals surface area contributed by atoms with Crippen LogP contribution < -0.4 is 5.32 Å². The number of aliphatic hydroxyl groups excluding tert-OH is 1. The van der Waals surface area contributed by atoms with Gasteiger partial charge < -0.3 is 10.4 Å². The molecule has 1 rings (SSSR count). The van der Waals surface area contributed by atoms with Crippen LogP contribution in [-0.2, 0) is 4.79 Å². The van der Waals surface area contributed by atoms with Crippen LogP contribution >= 0.6 is 0 Å². The quantitative estimate of drug-likeness (QED) is 0.625. The van der Waals surface area contributed by atoms with E-state index in [0.29, 0.717) is 6.42 Å². The molecule has 1 aliphatic heterocycles. The zero-order chi connectivity index (χ0) is 11.9. The van der Waals surface area contributed by atoms with Crippen molar-refractivity contribution in [1.82, 2.24) is 5.32 Å². The van der Waals surface area contributed by atoms with E-state index in [0.717, 1.165) is 19.3 Å². The number of carbonyl (C=O) groups excluding carboxylic acids is 1. The fourth-order valence-electron chi connectivity index (χ4n) is 2.40. The molecule has 3 heteroatoms. The van der Waals surface area contributed by atoms with Crippen molar-refractivity contribution in [3.05, 3.63) is 0 Å². The zero-order valence-electron chi connectivity index (χ0n) is 10.4. The second-order valence-electron chi connectivity index (χ2n) is 5.00. The molecule has 0 aliphatic carbocycles. The minimum Gasteiger partial charge on any atom is -0.394 e. The van der Waals surface area contributed by atoms with E-state index in [-0.39, 0.29) is 18.1 Å². The van der Waals surface area contributed by atoms with Crippen molar-refractivity contribution in [1.29, 1.82) is 0 Å². The van der Waals surface area contributed by atoms with Gasteiger partial charge in [0, 0.05) is 6.42 Å². The average Bonchev–Trinajstić information content (AvgIpc) is 2.66. The summed E-state index contributed by atoms with van der Waals surface area (Å²) in [6.45, 7) is 2.31. The Morgan fingerprint density at radius 2 is 1.94 bits per heavy atom. The number of rotatable bonds is 8. The van der Waals surface area contributed by atoms with Gasteiger partial charge in [-0.25, -0.2) is 0 Å². The minimum absolute atomic E-state index is 0.0910. The molecule has 2 N–H and O–H groups in total. The lowest BCUT2D eigenvalue weighted by atomic mass is 9.91. The van der Waals surface area contributed by atoms with Crippen LogP contribution in [-0.4, -0.2) is 23.2 Å². The Hall–Kier alpha value is -0.570. The summed E-state index contributed by atoms with van der Waals surface area (Å²) >= 11 is 0. The van der Waals surface area contributed by atoms with E-state index >= 15 is 0 Å². The van der Waals surface area contributed by atoms with Crippen LogP contribution in [0.3, 0.4) is 0 Å². The summed E-state index contributed by atoms with van der Waals surface area (Å²) in [5.41, 5.74) is -0.290. The van der Waals surface area contributed by atoms with E-state index in [1.165, 1.54) is 32.1 Å². The van der Waals surface area contributed by atoms with Gasteiger partial charge in [0.05, 0.1) is 12.1 Å². The van der Waals surface area contributed by atoms with E-state index in [9.17, 15) is 9.90 Å². The molecule has 0 aromatic carbocycles. The first-order chi connectivity index (χ1) is 7.72. The predicted octanol–water partition coefficient (Wildman–Crippen LogP) is 2.38. The Morgan fingerprint density at radius 1 is 1.25 bits per heavy atom. The molecule has 1 amide bonds. The lowest BCUT2D eigenvalue weighted by Gasteiger charge is -2.26. The monoisotopic (exact) mass is 227 g/mol. The third kappa shape index (κ3) is 4.12. The number of aliphatic hydroxyl groups is 1. The summed E-state index contributed by atoms with van der Waals surface area (Å²) in [7, 11) is 0. The number of nitrogens with one attached hydrogen (secondary N) is 1. The maximum absolute atomic E-state index is 11.2. The minimum atomic E-state index is -0.290. The van der Waals surface area contributed by atoms with Crippen molar-refractivity contribution in [2.24, 2.45) is 0 Å². The van der Waals surface area contributed by atoms with Gasteiger partial charge in [0.2, 0.25) is 5.91 Å². The summed E-state index contributed by atoms with van der Waals surface area (Å²) < 4.78 is 0. The third-order valence-electron chi connectivity index (χ3n) is 3.55. The molecular weight excluding hydrogens is 202 g/mol. The Labute approximate surface area is 98.6 Å². The van der Waals surface area contributed by atoms with E-state index in [1.54, 1.807) is 0 Å². The first-order valence-corrected chi connectivity index (χ1v) is 6.64. The molecule has 0 saturated carbocycles. The van der Waals surface area contributed by atoms with Crippen molar-refractivity contribution in [2.45, 2.75) is 70.3 Å². The zero-order valence-corrected chi connectivity index (χ0v) is 10.4. The first kappa shape index (κ1) is 13.5. The topological polar surface area (TPSA) is 49.3 Å². The number of carbonyl (C=O) groups is 1. The van der Waals surface area contributed by atoms with Gasteiger partial charge in [0.1, 0.15) is 0 Å². The molecule has 0 aromatic heterocycles. The molecule has 1 fully saturated rings. The summed E-state index contributed by atoms with van der Waals surface area (Å²) in [6, 6.07) is 0. The molecule has 0 bridgehead atoms. The van der Waals surface area contributed by atoms with Gasteiger partial charge in [-0.15, -0.1) is 0 Å². The Kier molecular flexibility index (Phi) is 5.81. The number of amides is 1. The van der Waals surface area contributed by atoms with Crippen LogP contribution in [0, 0.1) is 0 Å². The molecule has 94 valence electrons. The summed E-state index contributed by atoms with van der Waals surface area (Å²) in [5.74, 6) is 0.0973. The fraction of sp³-hybridized carbons (Fsp3) is 0.923. The lowest BCUT2D eigenvalue weighted by Crippen LogP contribution is -2.44. The maximum atomic E-state index is 11.2. The van der Waals surface area contributed by atoms with Gasteiger partial charge in [-0.3, -0.25) is 4.79 Å². The average molecular weight is 227 g/mol. The largest absolute Gasteiger partial charge is 0.394 e. The molecular formula is C13H25NO2. The second-order valence-corrected chi connectivity index (χ2v) is 5.00. The molecule has 0 radical (unpaired) electrons. The Morgan fingerprint density at radius 3 is 2.50 bits per heavy atom. The van der Waals surface area contributed by atoms with Gasteiger partial charge in [-0.05, 0) is 12.8 Å². The van der Waals surface area contributed by atoms with Crippen LogP contribution in [0.5, 0.6) is 0 Å². The summed E-state index contributed by atoms with van der Waals surface area (Å²) in [6.07, 6.45) is 9.84. The molecule has 1 aliphatic rings. The van der Waals surface area contributed by atoms with Crippen LogP contribution in [0.1, 0.15) is 64.7 Å². The molecule has 16 heavy (non-hydrogen) atoms. The summed E-state index contributed by atoms with van der Waals surface area (Å²) in [5, 5.41) is 12.3. The third-order valence-corrected chi connectivity index (χ3v) is 3.55. The number of unbranched alkanes of at least 4 members (excludes halogenated alkanes) is 5. The van der Waals surface area contributed by atoms with E-state index < -0.39 is 0 Å². The number of hydrogen-bond donors (Lipinski definition) is 2. The van der Waals surface area contributed by atoms with Gasteiger partial charge in [0.25, 0.3) is 0 Å². The van der Waals surface area contributed by atoms with Crippen molar-refractivity contribution in [3.8, 4) is 0 Å². The highest BCUT2D eigenvalue weighted by Crippen LogP contribution is 2.26. The highest BCUT2D eigenvalue weighted by atomic mass is 16.3. The molecule has 0 spiro atoms. The molecule has 1 unspecified atom stereocenters. The summed E-state index contributed by atoms with van der Waals surface area (Å²) in [4.78, 5) is 11.2. The smallest absolute Gasteiger partial charge is 0.220 e. The standard InChI is InChI=1S/C13H25NO2/c1-2-3-4-5-6-7-9-13(11-15)10-8-12(16)14-13/h15H,2-11H2,1H3,(H,14,16). The van der Waals surface area contributed by atoms with Gasteiger partial charge in [-0.2, -0.15) is 0 Å². The highest BCUT2D eigenvalue weighted by molar-refractivity contribution is 5.79. The normalized spacial score (nSPS) is 24.8. The van der Waals surface area contributed by atoms with Crippen molar-refractivity contribution < 1.29 is 9.90 Å². The van der Waals surface area contributed by atoms with Crippen molar-refractivity contribution in [2.75, 3.05) is 6.61 Å². The second kappa shape index (κ2) is 6.89. The molecule has 1 heterocycles. The van der Waals surface area contributed by atoms with Crippen LogP contribution in [0.15, 0.2) is 0 Å². The fourth-order valence-corrected chi connectivity index (χ4v) is 2.40. The molecule has 0 aromatic rings. The Bertz CT molecular complexity index is 218. The molecule has 1 atom stereocenters. The SMILES string of the molecule is CCCCCCCCC1(CO)CCC(=O)N1. The van der Waals surface area contributed by atoms with Crippen LogP contribution in [0.2, 0.25) is 0 Å². The predicted molar refractivity (Wildman–Crippen MR) is 65.2 cm³/mol. The van der Waals surface area contributed by atoms with Gasteiger partial charge in [-0.1, -0.05) is 45.4 Å². The maximum Gasteiger partial charge on any atom is 0.220 e. The molecule has 1 saturated heterocycles.